The topological polar surface area (TPSA) is 23.5 Å². The molecule has 0 radical (unpaired) electrons. The molecule has 0 aromatic heterocycles. The maximum atomic E-state index is 8.82. The van der Waals surface area contributed by atoms with Crippen molar-refractivity contribution >= 4 is 0 Å². The molecule has 1 heterocycles. The Balaban J connectivity index is 2.02. The van der Waals surface area contributed by atoms with Crippen LogP contribution in [0.25, 0.3) is 0 Å². The van der Waals surface area contributed by atoms with Gasteiger partial charge in [-0.25, -0.2) is 0 Å². The molecule has 1 aromatic carbocycles. The standard InChI is InChI=1S/C18H25NO/c20-15-9-6-11-17-10-4-5-12-18(17)16-19-13-7-2-1-3-8-14-19/h4-5,10,12,20H,1-3,7-9,13-16H2. The first-order valence-corrected chi connectivity index (χ1v) is 7.80. The van der Waals surface area contributed by atoms with Crippen molar-refractivity contribution in [2.45, 2.75) is 45.1 Å². The van der Waals surface area contributed by atoms with E-state index in [1.807, 2.05) is 6.07 Å². The highest BCUT2D eigenvalue weighted by atomic mass is 16.2. The van der Waals surface area contributed by atoms with E-state index in [1.54, 1.807) is 0 Å². The van der Waals surface area contributed by atoms with Crippen molar-refractivity contribution in [3.8, 4) is 11.8 Å². The van der Waals surface area contributed by atoms with Crippen LogP contribution >= 0.6 is 0 Å². The third-order valence-corrected chi connectivity index (χ3v) is 3.82. The smallest absolute Gasteiger partial charge is 0.0540 e. The number of aliphatic hydroxyl groups is 1. The summed E-state index contributed by atoms with van der Waals surface area (Å²) in [6.45, 7) is 3.56. The van der Waals surface area contributed by atoms with E-state index < -0.39 is 0 Å². The molecule has 1 aliphatic rings. The molecule has 2 heteroatoms. The van der Waals surface area contributed by atoms with Crippen LogP contribution < -0.4 is 0 Å². The zero-order valence-electron chi connectivity index (χ0n) is 12.3. The Bertz CT molecular complexity index is 450. The second-order valence-corrected chi connectivity index (χ2v) is 5.48. The summed E-state index contributed by atoms with van der Waals surface area (Å²) in [7, 11) is 0. The zero-order chi connectivity index (χ0) is 14.0. The van der Waals surface area contributed by atoms with Gasteiger partial charge in [0.2, 0.25) is 0 Å². The lowest BCUT2D eigenvalue weighted by atomic mass is 10.0. The van der Waals surface area contributed by atoms with Crippen LogP contribution in [0.3, 0.4) is 0 Å². The fourth-order valence-electron chi connectivity index (χ4n) is 2.71. The normalized spacial score (nSPS) is 16.9. The summed E-state index contributed by atoms with van der Waals surface area (Å²) in [6, 6.07) is 8.40. The molecule has 0 amide bonds. The summed E-state index contributed by atoms with van der Waals surface area (Å²) in [6.07, 6.45) is 7.33. The largest absolute Gasteiger partial charge is 0.395 e. The molecule has 1 aliphatic heterocycles. The van der Waals surface area contributed by atoms with Crippen molar-refractivity contribution in [1.29, 1.82) is 0 Å². The maximum absolute atomic E-state index is 8.82. The quantitative estimate of drug-likeness (QED) is 0.854. The van der Waals surface area contributed by atoms with Gasteiger partial charge in [-0.1, -0.05) is 49.3 Å². The summed E-state index contributed by atoms with van der Waals surface area (Å²) in [5.41, 5.74) is 2.43. The molecule has 108 valence electrons. The molecule has 0 saturated carbocycles. The molecule has 2 rings (SSSR count). The Morgan fingerprint density at radius 1 is 1.00 bits per heavy atom. The third kappa shape index (κ3) is 5.00. The highest BCUT2D eigenvalue weighted by Gasteiger charge is 2.10. The molecule has 1 fully saturated rings. The lowest BCUT2D eigenvalue weighted by Crippen LogP contribution is -2.27. The first-order chi connectivity index (χ1) is 9.90. The molecule has 0 atom stereocenters. The average Bonchev–Trinajstić information content (AvgIpc) is 2.43. The van der Waals surface area contributed by atoms with E-state index in [9.17, 15) is 0 Å². The third-order valence-electron chi connectivity index (χ3n) is 3.82. The van der Waals surface area contributed by atoms with Gasteiger partial charge in [0, 0.05) is 18.5 Å². The summed E-state index contributed by atoms with van der Waals surface area (Å²) in [5.74, 6) is 6.23. The van der Waals surface area contributed by atoms with Crippen molar-refractivity contribution in [2.75, 3.05) is 19.7 Å². The van der Waals surface area contributed by atoms with Gasteiger partial charge in [-0.3, -0.25) is 4.90 Å². The molecule has 0 bridgehead atoms. The average molecular weight is 271 g/mol. The Morgan fingerprint density at radius 2 is 1.70 bits per heavy atom. The Hall–Kier alpha value is -1.30. The highest BCUT2D eigenvalue weighted by molar-refractivity contribution is 5.41. The van der Waals surface area contributed by atoms with Crippen molar-refractivity contribution in [3.05, 3.63) is 35.4 Å². The van der Waals surface area contributed by atoms with E-state index in [2.05, 4.69) is 34.9 Å². The second kappa shape index (κ2) is 8.79. The van der Waals surface area contributed by atoms with Gasteiger partial charge in [0.1, 0.15) is 0 Å². The zero-order valence-corrected chi connectivity index (χ0v) is 12.3. The Labute approximate surface area is 122 Å². The minimum absolute atomic E-state index is 0.140. The summed E-state index contributed by atoms with van der Waals surface area (Å²) >= 11 is 0. The molecule has 0 unspecified atom stereocenters. The van der Waals surface area contributed by atoms with E-state index in [4.69, 9.17) is 5.11 Å². The van der Waals surface area contributed by atoms with E-state index in [0.717, 1.165) is 12.1 Å². The number of likely N-dealkylation sites (tertiary alicyclic amines) is 1. The van der Waals surface area contributed by atoms with Crippen LogP contribution in [-0.4, -0.2) is 29.7 Å². The van der Waals surface area contributed by atoms with E-state index in [0.29, 0.717) is 6.42 Å². The van der Waals surface area contributed by atoms with Crippen LogP contribution in [0.2, 0.25) is 0 Å². The number of hydrogen-bond acceptors (Lipinski definition) is 2. The number of aliphatic hydroxyl groups excluding tert-OH is 1. The van der Waals surface area contributed by atoms with Crippen LogP contribution in [0, 0.1) is 11.8 Å². The minimum Gasteiger partial charge on any atom is -0.395 e. The predicted molar refractivity (Wildman–Crippen MR) is 83.4 cm³/mol. The van der Waals surface area contributed by atoms with Gasteiger partial charge in [-0.2, -0.15) is 0 Å². The van der Waals surface area contributed by atoms with Gasteiger partial charge in [0.15, 0.2) is 0 Å². The van der Waals surface area contributed by atoms with Gasteiger partial charge in [-0.05, 0) is 37.6 Å². The van der Waals surface area contributed by atoms with Gasteiger partial charge in [-0.15, -0.1) is 0 Å². The molecular formula is C18H25NO. The summed E-state index contributed by atoms with van der Waals surface area (Å²) in [5, 5.41) is 8.82. The summed E-state index contributed by atoms with van der Waals surface area (Å²) < 4.78 is 0. The number of rotatable bonds is 3. The number of nitrogens with zero attached hydrogens (tertiary/aromatic N) is 1. The first-order valence-electron chi connectivity index (χ1n) is 7.80. The van der Waals surface area contributed by atoms with Crippen molar-refractivity contribution < 1.29 is 5.11 Å². The van der Waals surface area contributed by atoms with E-state index >= 15 is 0 Å². The molecule has 1 N–H and O–H groups in total. The van der Waals surface area contributed by atoms with Crippen LogP contribution in [0.5, 0.6) is 0 Å². The molecule has 1 saturated heterocycles. The Morgan fingerprint density at radius 3 is 2.45 bits per heavy atom. The highest BCUT2D eigenvalue weighted by Crippen LogP contribution is 2.15. The van der Waals surface area contributed by atoms with Crippen LogP contribution in [0.15, 0.2) is 24.3 Å². The molecule has 0 aliphatic carbocycles. The lowest BCUT2D eigenvalue weighted by molar-refractivity contribution is 0.239. The molecule has 0 spiro atoms. The van der Waals surface area contributed by atoms with Crippen molar-refractivity contribution in [2.24, 2.45) is 0 Å². The molecular weight excluding hydrogens is 246 g/mol. The minimum atomic E-state index is 0.140. The fourth-order valence-corrected chi connectivity index (χ4v) is 2.71. The number of hydrogen-bond donors (Lipinski definition) is 1. The first kappa shape index (κ1) is 15.1. The van der Waals surface area contributed by atoms with Crippen LogP contribution in [0.1, 0.15) is 49.7 Å². The molecule has 1 aromatic rings. The second-order valence-electron chi connectivity index (χ2n) is 5.48. The SMILES string of the molecule is OCCC#Cc1ccccc1CN1CCCCCCC1. The van der Waals surface area contributed by atoms with Gasteiger partial charge in [0.05, 0.1) is 6.61 Å². The monoisotopic (exact) mass is 271 g/mol. The van der Waals surface area contributed by atoms with Crippen LogP contribution in [-0.2, 0) is 6.54 Å². The van der Waals surface area contributed by atoms with E-state index in [-0.39, 0.29) is 6.61 Å². The van der Waals surface area contributed by atoms with Crippen LogP contribution in [0.4, 0.5) is 0 Å². The predicted octanol–water partition coefficient (Wildman–Crippen LogP) is 3.19. The van der Waals surface area contributed by atoms with Gasteiger partial charge >= 0.3 is 0 Å². The maximum Gasteiger partial charge on any atom is 0.0540 e. The number of benzene rings is 1. The van der Waals surface area contributed by atoms with Gasteiger partial charge < -0.3 is 5.11 Å². The Kier molecular flexibility index (Phi) is 6.63. The van der Waals surface area contributed by atoms with E-state index in [1.165, 1.54) is 50.8 Å². The molecule has 20 heavy (non-hydrogen) atoms. The summed E-state index contributed by atoms with van der Waals surface area (Å²) in [4.78, 5) is 2.56. The lowest BCUT2D eigenvalue weighted by Gasteiger charge is -2.25. The molecule has 2 nitrogen and oxygen atoms in total. The van der Waals surface area contributed by atoms with Crippen molar-refractivity contribution in [3.63, 3.8) is 0 Å². The fraction of sp³-hybridized carbons (Fsp3) is 0.556. The van der Waals surface area contributed by atoms with Gasteiger partial charge in [0.25, 0.3) is 0 Å². The van der Waals surface area contributed by atoms with Crippen molar-refractivity contribution in [1.82, 2.24) is 4.90 Å².